The molecule has 2 aromatic rings. The summed E-state index contributed by atoms with van der Waals surface area (Å²) in [5, 5.41) is 2.77. The molecule has 1 saturated heterocycles. The van der Waals surface area contributed by atoms with E-state index in [1.165, 1.54) is 31.4 Å². The van der Waals surface area contributed by atoms with Gasteiger partial charge in [0.15, 0.2) is 9.84 Å². The second-order valence-corrected chi connectivity index (χ2v) is 9.78. The Hall–Kier alpha value is -2.79. The molecule has 2 aromatic carbocycles. The van der Waals surface area contributed by atoms with Crippen LogP contribution in [0.25, 0.3) is 0 Å². The zero-order valence-corrected chi connectivity index (χ0v) is 19.2. The predicted molar refractivity (Wildman–Crippen MR) is 119 cm³/mol. The molecule has 1 heterocycles. The molecule has 7 nitrogen and oxygen atoms in total. The quantitative estimate of drug-likeness (QED) is 0.650. The predicted octanol–water partition coefficient (Wildman–Crippen LogP) is 2.67. The summed E-state index contributed by atoms with van der Waals surface area (Å²) in [4.78, 5) is 16.6. The van der Waals surface area contributed by atoms with Gasteiger partial charge < -0.3 is 15.0 Å². The van der Waals surface area contributed by atoms with Gasteiger partial charge in [-0.15, -0.1) is 0 Å². The minimum atomic E-state index is -4.38. The number of piperazine rings is 1. The summed E-state index contributed by atoms with van der Waals surface area (Å²) in [6.45, 7) is 3.29. The first-order valence-electron chi connectivity index (χ1n) is 10.3. The lowest BCUT2D eigenvalue weighted by Crippen LogP contribution is -2.48. The molecule has 0 saturated carbocycles. The highest BCUT2D eigenvalue weighted by molar-refractivity contribution is 7.90. The lowest BCUT2D eigenvalue weighted by atomic mass is 10.1. The molecular weight excluding hydrogens is 459 g/mol. The zero-order valence-electron chi connectivity index (χ0n) is 18.4. The molecule has 0 bridgehead atoms. The Kier molecular flexibility index (Phi) is 7.53. The average Bonchev–Trinajstić information content (AvgIpc) is 2.78. The van der Waals surface area contributed by atoms with E-state index in [1.807, 2.05) is 4.90 Å². The second-order valence-electron chi connectivity index (χ2n) is 7.77. The van der Waals surface area contributed by atoms with E-state index in [0.29, 0.717) is 45.0 Å². The van der Waals surface area contributed by atoms with Gasteiger partial charge in [-0.05, 0) is 36.4 Å². The Morgan fingerprint density at radius 3 is 2.39 bits per heavy atom. The monoisotopic (exact) mass is 485 g/mol. The molecule has 1 aliphatic rings. The second kappa shape index (κ2) is 10.0. The van der Waals surface area contributed by atoms with Gasteiger partial charge in [-0.1, -0.05) is 6.07 Å². The Balaban J connectivity index is 1.53. The zero-order chi connectivity index (χ0) is 24.2. The van der Waals surface area contributed by atoms with Crippen LogP contribution in [0.5, 0.6) is 5.75 Å². The lowest BCUT2D eigenvalue weighted by Gasteiger charge is -2.36. The molecular formula is C22H26F3N3O4S. The van der Waals surface area contributed by atoms with Crippen LogP contribution in [0.15, 0.2) is 47.4 Å². The van der Waals surface area contributed by atoms with Crippen molar-refractivity contribution < 1.29 is 31.1 Å². The normalized spacial score (nSPS) is 15.4. The van der Waals surface area contributed by atoms with E-state index in [9.17, 15) is 26.4 Å². The van der Waals surface area contributed by atoms with Crippen LogP contribution >= 0.6 is 0 Å². The van der Waals surface area contributed by atoms with E-state index in [0.717, 1.165) is 18.4 Å². The summed E-state index contributed by atoms with van der Waals surface area (Å²) < 4.78 is 67.6. The number of benzene rings is 2. The summed E-state index contributed by atoms with van der Waals surface area (Å²) in [6.07, 6.45) is -3.31. The summed E-state index contributed by atoms with van der Waals surface area (Å²) in [5.74, 6) is -0.172. The fourth-order valence-electron chi connectivity index (χ4n) is 3.63. The maximum atomic E-state index is 13.0. The number of rotatable bonds is 7. The molecule has 1 fully saturated rings. The van der Waals surface area contributed by atoms with Gasteiger partial charge in [-0.25, -0.2) is 8.42 Å². The van der Waals surface area contributed by atoms with Crippen molar-refractivity contribution in [2.45, 2.75) is 11.1 Å². The highest BCUT2D eigenvalue weighted by Crippen LogP contribution is 2.31. The van der Waals surface area contributed by atoms with E-state index < -0.39 is 27.5 Å². The Labute approximate surface area is 191 Å². The molecule has 180 valence electrons. The van der Waals surface area contributed by atoms with Crippen LogP contribution in [0.3, 0.4) is 0 Å². The van der Waals surface area contributed by atoms with Crippen LogP contribution in [0, 0.1) is 0 Å². The summed E-state index contributed by atoms with van der Waals surface area (Å²) >= 11 is 0. The highest BCUT2D eigenvalue weighted by Gasteiger charge is 2.31. The van der Waals surface area contributed by atoms with Gasteiger partial charge in [-0.3, -0.25) is 9.69 Å². The number of amides is 1. The van der Waals surface area contributed by atoms with E-state index >= 15 is 0 Å². The molecule has 1 N–H and O–H groups in total. The third-order valence-electron chi connectivity index (χ3n) is 5.47. The van der Waals surface area contributed by atoms with Crippen LogP contribution in [0.2, 0.25) is 0 Å². The van der Waals surface area contributed by atoms with Crippen molar-refractivity contribution in [2.24, 2.45) is 0 Å². The smallest absolute Gasteiger partial charge is 0.416 e. The first kappa shape index (κ1) is 24.8. The molecule has 0 radical (unpaired) electrons. The molecule has 1 amide bonds. The third-order valence-corrected chi connectivity index (χ3v) is 6.58. The molecule has 0 atom stereocenters. The topological polar surface area (TPSA) is 78.9 Å². The molecule has 3 rings (SSSR count). The van der Waals surface area contributed by atoms with E-state index in [2.05, 4.69) is 10.2 Å². The third kappa shape index (κ3) is 6.38. The van der Waals surface area contributed by atoms with Gasteiger partial charge in [0.25, 0.3) is 5.91 Å². The molecule has 0 spiro atoms. The van der Waals surface area contributed by atoms with Crippen LogP contribution in [0.4, 0.5) is 18.9 Å². The first-order valence-corrected chi connectivity index (χ1v) is 12.2. The van der Waals surface area contributed by atoms with Gasteiger partial charge in [0, 0.05) is 51.2 Å². The molecule has 11 heteroatoms. The minimum absolute atomic E-state index is 0.0270. The summed E-state index contributed by atoms with van der Waals surface area (Å²) in [7, 11) is -2.07. The molecule has 0 aromatic heterocycles. The van der Waals surface area contributed by atoms with E-state index in [1.54, 1.807) is 6.07 Å². The van der Waals surface area contributed by atoms with Gasteiger partial charge in [0.1, 0.15) is 5.75 Å². The van der Waals surface area contributed by atoms with Gasteiger partial charge in [-0.2, -0.15) is 13.2 Å². The molecule has 33 heavy (non-hydrogen) atoms. The van der Waals surface area contributed by atoms with E-state index in [-0.39, 0.29) is 16.2 Å². The number of alkyl halides is 3. The number of sulfone groups is 1. The molecule has 1 aliphatic heterocycles. The average molecular weight is 486 g/mol. The van der Waals surface area contributed by atoms with Gasteiger partial charge >= 0.3 is 6.18 Å². The summed E-state index contributed by atoms with van der Waals surface area (Å²) in [5.41, 5.74) is 0.00549. The van der Waals surface area contributed by atoms with Crippen LogP contribution in [-0.4, -0.2) is 71.9 Å². The van der Waals surface area contributed by atoms with Gasteiger partial charge in [0.2, 0.25) is 0 Å². The minimum Gasteiger partial charge on any atom is -0.496 e. The Bertz CT molecular complexity index is 1100. The van der Waals surface area contributed by atoms with Crippen molar-refractivity contribution in [1.82, 2.24) is 10.2 Å². The maximum absolute atomic E-state index is 13.0. The largest absolute Gasteiger partial charge is 0.496 e. The van der Waals surface area contributed by atoms with Crippen molar-refractivity contribution in [1.29, 1.82) is 0 Å². The van der Waals surface area contributed by atoms with Crippen LogP contribution in [0.1, 0.15) is 15.9 Å². The van der Waals surface area contributed by atoms with E-state index in [4.69, 9.17) is 4.74 Å². The van der Waals surface area contributed by atoms with Crippen molar-refractivity contribution in [3.63, 3.8) is 0 Å². The lowest BCUT2D eigenvalue weighted by molar-refractivity contribution is -0.137. The van der Waals surface area contributed by atoms with Crippen LogP contribution < -0.4 is 15.0 Å². The Morgan fingerprint density at radius 1 is 1.09 bits per heavy atom. The fourth-order valence-corrected chi connectivity index (χ4v) is 4.27. The number of carbonyl (C=O) groups is 1. The standard InChI is InChI=1S/C22H26F3N3O4S/c1-32-20-7-6-18(33(2,30)31)15-19(20)21(29)26-8-9-27-10-12-28(13-11-27)17-5-3-4-16(14-17)22(23,24)25/h3-7,14-15H,8-13H2,1-2H3,(H,26,29). The number of nitrogens with zero attached hydrogens (tertiary/aromatic N) is 2. The number of anilines is 1. The SMILES string of the molecule is COc1ccc(S(C)(=O)=O)cc1C(=O)NCCN1CCN(c2cccc(C(F)(F)F)c2)CC1. The molecule has 0 unspecified atom stereocenters. The molecule has 0 aliphatic carbocycles. The van der Waals surface area contributed by atoms with Crippen molar-refractivity contribution in [2.75, 3.05) is 57.5 Å². The number of halogens is 3. The van der Waals surface area contributed by atoms with Crippen molar-refractivity contribution in [3.8, 4) is 5.75 Å². The number of ether oxygens (including phenoxy) is 1. The van der Waals surface area contributed by atoms with Crippen molar-refractivity contribution in [3.05, 3.63) is 53.6 Å². The number of methoxy groups -OCH3 is 1. The summed E-state index contributed by atoms with van der Waals surface area (Å²) in [6, 6.07) is 9.41. The number of carbonyl (C=O) groups excluding carboxylic acids is 1. The van der Waals surface area contributed by atoms with Crippen molar-refractivity contribution >= 4 is 21.4 Å². The number of hydrogen-bond donors (Lipinski definition) is 1. The Morgan fingerprint density at radius 2 is 1.79 bits per heavy atom. The maximum Gasteiger partial charge on any atom is 0.416 e. The fraction of sp³-hybridized carbons (Fsp3) is 0.409. The van der Waals surface area contributed by atoms with Crippen LogP contribution in [-0.2, 0) is 16.0 Å². The number of hydrogen-bond acceptors (Lipinski definition) is 6. The highest BCUT2D eigenvalue weighted by atomic mass is 32.2. The number of nitrogens with one attached hydrogen (secondary N) is 1. The van der Waals surface area contributed by atoms with Gasteiger partial charge in [0.05, 0.1) is 23.1 Å². The first-order chi connectivity index (χ1) is 15.5.